The topological polar surface area (TPSA) is 97.9 Å². The number of nitro benzene ring substituents is 1. The molecule has 0 amide bonds. The molecule has 0 unspecified atom stereocenters. The van der Waals surface area contributed by atoms with Crippen LogP contribution in [0.2, 0.25) is 0 Å². The number of hydrogen-bond donors (Lipinski definition) is 1. The number of phenols is 1. The van der Waals surface area contributed by atoms with E-state index >= 15 is 0 Å². The van der Waals surface area contributed by atoms with Gasteiger partial charge in [-0.2, -0.15) is 0 Å². The minimum absolute atomic E-state index is 0.140. The van der Waals surface area contributed by atoms with Crippen LogP contribution in [0.1, 0.15) is 12.5 Å². The van der Waals surface area contributed by atoms with Crippen molar-refractivity contribution >= 4 is 22.8 Å². The monoisotopic (exact) mass is 261 g/mol. The fourth-order valence-electron chi connectivity index (χ4n) is 1.65. The Balaban J connectivity index is 2.66. The van der Waals surface area contributed by atoms with Gasteiger partial charge in [0.15, 0.2) is 5.75 Å². The summed E-state index contributed by atoms with van der Waals surface area (Å²) in [5.74, 6) is -0.162. The van der Waals surface area contributed by atoms with Gasteiger partial charge in [0.1, 0.15) is 12.1 Å². The van der Waals surface area contributed by atoms with E-state index in [0.717, 1.165) is 0 Å². The van der Waals surface area contributed by atoms with Gasteiger partial charge in [-0.3, -0.25) is 15.1 Å². The first-order chi connectivity index (χ1) is 9.15. The lowest BCUT2D eigenvalue weighted by Gasteiger charge is -2.04. The Bertz CT molecular complexity index is 655. The Kier molecular flexibility index (Phi) is 3.56. The van der Waals surface area contributed by atoms with Crippen LogP contribution >= 0.6 is 0 Å². The fourth-order valence-corrected chi connectivity index (χ4v) is 1.65. The maximum absolute atomic E-state index is 11.0. The van der Waals surface area contributed by atoms with Gasteiger partial charge in [0, 0.05) is 17.8 Å². The molecule has 19 heavy (non-hydrogen) atoms. The molecule has 0 bridgehead atoms. The highest BCUT2D eigenvalue weighted by Crippen LogP contribution is 2.33. The van der Waals surface area contributed by atoms with Gasteiger partial charge < -0.3 is 9.94 Å². The largest absolute Gasteiger partial charge is 0.505 e. The Labute approximate surface area is 108 Å². The number of non-ortho nitro benzene ring substituents is 1. The third kappa shape index (κ3) is 2.44. The molecule has 0 aliphatic rings. The number of pyridine rings is 1. The van der Waals surface area contributed by atoms with Crippen LogP contribution in [0.25, 0.3) is 10.9 Å². The zero-order valence-electron chi connectivity index (χ0n) is 10.1. The predicted octanol–water partition coefficient (Wildman–Crippen LogP) is 2.22. The van der Waals surface area contributed by atoms with Crippen LogP contribution in [0.4, 0.5) is 5.69 Å². The molecule has 0 atom stereocenters. The van der Waals surface area contributed by atoms with Crippen LogP contribution in [0.3, 0.4) is 0 Å². The molecule has 0 saturated heterocycles. The minimum Gasteiger partial charge on any atom is -0.505 e. The number of nitrogens with zero attached hydrogens (tertiary/aromatic N) is 3. The highest BCUT2D eigenvalue weighted by atomic mass is 16.6. The molecule has 2 rings (SSSR count). The molecule has 2 aromatic rings. The van der Waals surface area contributed by atoms with Crippen molar-refractivity contribution in [3.05, 3.63) is 40.1 Å². The first kappa shape index (κ1) is 12.7. The normalized spacial score (nSPS) is 11.0. The van der Waals surface area contributed by atoms with Gasteiger partial charge in [-0.1, -0.05) is 5.16 Å². The van der Waals surface area contributed by atoms with E-state index in [2.05, 4.69) is 10.1 Å². The maximum atomic E-state index is 11.0. The van der Waals surface area contributed by atoms with Gasteiger partial charge in [0.05, 0.1) is 16.5 Å². The number of aromatic hydroxyl groups is 1. The van der Waals surface area contributed by atoms with Crippen LogP contribution in [-0.4, -0.2) is 27.8 Å². The second-order valence-corrected chi connectivity index (χ2v) is 3.64. The van der Waals surface area contributed by atoms with E-state index < -0.39 is 4.92 Å². The van der Waals surface area contributed by atoms with Crippen molar-refractivity contribution in [3.8, 4) is 5.75 Å². The molecule has 0 saturated carbocycles. The van der Waals surface area contributed by atoms with Crippen molar-refractivity contribution in [1.82, 2.24) is 4.98 Å². The van der Waals surface area contributed by atoms with Crippen LogP contribution < -0.4 is 0 Å². The third-order valence-corrected chi connectivity index (χ3v) is 2.47. The van der Waals surface area contributed by atoms with Gasteiger partial charge in [-0.05, 0) is 19.1 Å². The van der Waals surface area contributed by atoms with Crippen molar-refractivity contribution < 1.29 is 14.9 Å². The SMILES string of the molecule is CCON=Cc1cc([N+](=O)[O-])c2cccnc2c1O. The standard InChI is InChI=1S/C12H11N3O4/c1-2-19-14-7-8-6-10(15(17)18)9-4-3-5-13-11(9)12(8)16/h3-7,16H,2H2,1H3. The summed E-state index contributed by atoms with van der Waals surface area (Å²) >= 11 is 0. The second kappa shape index (κ2) is 5.30. The van der Waals surface area contributed by atoms with Gasteiger partial charge in [-0.25, -0.2) is 0 Å². The molecule has 98 valence electrons. The number of benzene rings is 1. The van der Waals surface area contributed by atoms with Crippen molar-refractivity contribution in [3.63, 3.8) is 0 Å². The van der Waals surface area contributed by atoms with Gasteiger partial charge in [0.2, 0.25) is 0 Å². The van der Waals surface area contributed by atoms with Crippen LogP contribution in [-0.2, 0) is 4.84 Å². The van der Waals surface area contributed by atoms with E-state index in [9.17, 15) is 15.2 Å². The summed E-state index contributed by atoms with van der Waals surface area (Å²) in [6.07, 6.45) is 2.68. The average Bonchev–Trinajstić information content (AvgIpc) is 2.41. The summed E-state index contributed by atoms with van der Waals surface area (Å²) in [7, 11) is 0. The Morgan fingerprint density at radius 3 is 3.11 bits per heavy atom. The van der Waals surface area contributed by atoms with E-state index in [1.807, 2.05) is 0 Å². The quantitative estimate of drug-likeness (QED) is 0.517. The Morgan fingerprint density at radius 2 is 2.42 bits per heavy atom. The molecular weight excluding hydrogens is 250 g/mol. The molecule has 1 N–H and O–H groups in total. The first-order valence-corrected chi connectivity index (χ1v) is 5.55. The molecule has 0 radical (unpaired) electrons. The summed E-state index contributed by atoms with van der Waals surface area (Å²) in [6.45, 7) is 2.12. The smallest absolute Gasteiger partial charge is 0.279 e. The number of nitro groups is 1. The number of oxime groups is 1. The zero-order valence-corrected chi connectivity index (χ0v) is 10.1. The fraction of sp³-hybridized carbons (Fsp3) is 0.167. The Morgan fingerprint density at radius 1 is 1.63 bits per heavy atom. The van der Waals surface area contributed by atoms with Crippen LogP contribution in [0, 0.1) is 10.1 Å². The molecule has 7 nitrogen and oxygen atoms in total. The number of aromatic nitrogens is 1. The van der Waals surface area contributed by atoms with Crippen LogP contribution in [0.15, 0.2) is 29.6 Å². The molecule has 0 spiro atoms. The molecule has 7 heteroatoms. The van der Waals surface area contributed by atoms with E-state index in [1.54, 1.807) is 13.0 Å². The van der Waals surface area contributed by atoms with Crippen molar-refractivity contribution in [2.24, 2.45) is 5.16 Å². The molecule has 1 aromatic heterocycles. The summed E-state index contributed by atoms with van der Waals surface area (Å²) in [4.78, 5) is 19.2. The lowest BCUT2D eigenvalue weighted by atomic mass is 10.1. The lowest BCUT2D eigenvalue weighted by molar-refractivity contribution is -0.383. The Hall–Kier alpha value is -2.70. The first-order valence-electron chi connectivity index (χ1n) is 5.55. The maximum Gasteiger partial charge on any atom is 0.279 e. The summed E-state index contributed by atoms with van der Waals surface area (Å²) in [5.41, 5.74) is 0.208. The summed E-state index contributed by atoms with van der Waals surface area (Å²) in [6, 6.07) is 4.34. The highest BCUT2D eigenvalue weighted by molar-refractivity contribution is 5.99. The summed E-state index contributed by atoms with van der Waals surface area (Å²) < 4.78 is 0. The molecular formula is C12H11N3O4. The zero-order chi connectivity index (χ0) is 13.8. The highest BCUT2D eigenvalue weighted by Gasteiger charge is 2.18. The molecule has 1 heterocycles. The predicted molar refractivity (Wildman–Crippen MR) is 69.3 cm³/mol. The van der Waals surface area contributed by atoms with Gasteiger partial charge in [0.25, 0.3) is 5.69 Å². The molecule has 1 aromatic carbocycles. The summed E-state index contributed by atoms with van der Waals surface area (Å²) in [5, 5.41) is 24.9. The van der Waals surface area contributed by atoms with Gasteiger partial charge >= 0.3 is 0 Å². The van der Waals surface area contributed by atoms with Crippen molar-refractivity contribution in [2.75, 3.05) is 6.61 Å². The van der Waals surface area contributed by atoms with Crippen LogP contribution in [0.5, 0.6) is 5.75 Å². The second-order valence-electron chi connectivity index (χ2n) is 3.64. The molecule has 0 fully saturated rings. The number of hydrogen-bond acceptors (Lipinski definition) is 6. The number of rotatable bonds is 4. The molecule has 0 aliphatic carbocycles. The van der Waals surface area contributed by atoms with E-state index in [-0.39, 0.29) is 27.9 Å². The van der Waals surface area contributed by atoms with E-state index in [0.29, 0.717) is 6.61 Å². The third-order valence-electron chi connectivity index (χ3n) is 2.47. The van der Waals surface area contributed by atoms with Crippen molar-refractivity contribution in [1.29, 1.82) is 0 Å². The average molecular weight is 261 g/mol. The number of fused-ring (bicyclic) bond motifs is 1. The molecule has 0 aliphatic heterocycles. The van der Waals surface area contributed by atoms with Gasteiger partial charge in [-0.15, -0.1) is 0 Å². The van der Waals surface area contributed by atoms with E-state index in [1.165, 1.54) is 24.5 Å². The number of phenolic OH excluding ortho intramolecular Hbond substituents is 1. The lowest BCUT2D eigenvalue weighted by Crippen LogP contribution is -1.95. The van der Waals surface area contributed by atoms with E-state index in [4.69, 9.17) is 4.84 Å². The van der Waals surface area contributed by atoms with Crippen molar-refractivity contribution in [2.45, 2.75) is 6.92 Å². The minimum atomic E-state index is -0.526.